The second kappa shape index (κ2) is 19.5. The first-order valence-electron chi connectivity index (χ1n) is 22.4. The zero-order valence-electron chi connectivity index (χ0n) is 37.4. The van der Waals surface area contributed by atoms with Crippen molar-refractivity contribution >= 4 is 51.3 Å². The molecule has 4 aromatic carbocycles. The third kappa shape index (κ3) is 10.7. The summed E-state index contributed by atoms with van der Waals surface area (Å²) in [6.45, 7) is 12.4. The van der Waals surface area contributed by atoms with Crippen LogP contribution in [0.25, 0.3) is 21.8 Å². The SMILES string of the molecule is Cc1ccc(NC(=O)OC(C)(C)C)cc1C(=O)N[C@H](C)c1ccc(C#CC2CCN(CCCCCCc3cccc4c3n(C)c(=O)n4C3CCC(=O)NC3=O)CC2)c2ccccc12. The van der Waals surface area contributed by atoms with Crippen LogP contribution in [-0.2, 0) is 27.8 Å². The fourth-order valence-electron chi connectivity index (χ4n) is 8.96. The van der Waals surface area contributed by atoms with E-state index in [1.807, 2.05) is 44.2 Å². The van der Waals surface area contributed by atoms with Crippen molar-refractivity contribution in [2.45, 2.75) is 110 Å². The molecule has 2 aliphatic rings. The number of nitrogens with zero attached hydrogens (tertiary/aromatic N) is 3. The molecular weight excluding hydrogens is 793 g/mol. The minimum atomic E-state index is -0.678. The fraction of sp³-hybridized carbons (Fsp3) is 0.431. The first-order valence-corrected chi connectivity index (χ1v) is 22.4. The first-order chi connectivity index (χ1) is 30.2. The number of likely N-dealkylation sites (tertiary alicyclic amines) is 1. The molecule has 0 bridgehead atoms. The number of carbonyl (C=O) groups excluding carboxylic acids is 4. The van der Waals surface area contributed by atoms with Gasteiger partial charge < -0.3 is 15.0 Å². The molecule has 3 N–H and O–H groups in total. The lowest BCUT2D eigenvalue weighted by Crippen LogP contribution is -2.44. The number of unbranched alkanes of at least 4 members (excludes halogenated alkanes) is 3. The quantitative estimate of drug-likeness (QED) is 0.0649. The third-order valence-corrected chi connectivity index (χ3v) is 12.3. The highest BCUT2D eigenvalue weighted by atomic mass is 16.6. The molecule has 3 heterocycles. The van der Waals surface area contributed by atoms with E-state index in [1.54, 1.807) is 49.1 Å². The molecule has 2 saturated heterocycles. The van der Waals surface area contributed by atoms with Gasteiger partial charge in [0.05, 0.1) is 17.1 Å². The van der Waals surface area contributed by atoms with Crippen LogP contribution in [0.2, 0.25) is 0 Å². The fourth-order valence-corrected chi connectivity index (χ4v) is 8.96. The maximum absolute atomic E-state index is 13.6. The lowest BCUT2D eigenvalue weighted by atomic mass is 9.94. The number of fused-ring (bicyclic) bond motifs is 2. The average molecular weight is 853 g/mol. The minimum Gasteiger partial charge on any atom is -0.444 e. The number of imidazole rings is 1. The van der Waals surface area contributed by atoms with Gasteiger partial charge in [0.25, 0.3) is 5.91 Å². The minimum absolute atomic E-state index is 0.225. The normalized spacial score (nSPS) is 16.6. The number of benzene rings is 4. The molecule has 2 fully saturated rings. The zero-order valence-corrected chi connectivity index (χ0v) is 37.4. The van der Waals surface area contributed by atoms with Gasteiger partial charge in [0, 0.05) is 36.2 Å². The molecule has 1 aromatic heterocycles. The smallest absolute Gasteiger partial charge is 0.412 e. The number of rotatable bonds is 12. The van der Waals surface area contributed by atoms with E-state index in [9.17, 15) is 24.0 Å². The van der Waals surface area contributed by atoms with E-state index in [-0.39, 0.29) is 30.0 Å². The monoisotopic (exact) mass is 852 g/mol. The summed E-state index contributed by atoms with van der Waals surface area (Å²) in [6, 6.07) is 22.6. The molecule has 0 spiro atoms. The summed E-state index contributed by atoms with van der Waals surface area (Å²) < 4.78 is 8.58. The number of hydrogen-bond acceptors (Lipinski definition) is 7. The van der Waals surface area contributed by atoms with Crippen molar-refractivity contribution in [2.75, 3.05) is 25.0 Å². The van der Waals surface area contributed by atoms with Gasteiger partial charge in [-0.1, -0.05) is 73.2 Å². The molecule has 63 heavy (non-hydrogen) atoms. The summed E-state index contributed by atoms with van der Waals surface area (Å²) in [4.78, 5) is 66.1. The molecule has 0 aliphatic carbocycles. The number of para-hydroxylation sites is 1. The van der Waals surface area contributed by atoms with Crippen molar-refractivity contribution in [3.63, 3.8) is 0 Å². The van der Waals surface area contributed by atoms with Gasteiger partial charge in [-0.05, 0) is 145 Å². The number of piperidine rings is 2. The van der Waals surface area contributed by atoms with Crippen LogP contribution in [0, 0.1) is 24.7 Å². The van der Waals surface area contributed by atoms with Crippen LogP contribution in [0.5, 0.6) is 0 Å². The number of ether oxygens (including phenoxy) is 1. The van der Waals surface area contributed by atoms with E-state index in [2.05, 4.69) is 63.0 Å². The summed E-state index contributed by atoms with van der Waals surface area (Å²) in [7, 11) is 1.76. The van der Waals surface area contributed by atoms with Gasteiger partial charge in [0.2, 0.25) is 11.8 Å². The Morgan fingerprint density at radius 1 is 0.905 bits per heavy atom. The van der Waals surface area contributed by atoms with Crippen LogP contribution in [-0.4, -0.2) is 63.1 Å². The van der Waals surface area contributed by atoms with E-state index >= 15 is 0 Å². The van der Waals surface area contributed by atoms with Crippen LogP contribution in [0.3, 0.4) is 0 Å². The van der Waals surface area contributed by atoms with E-state index in [4.69, 9.17) is 4.74 Å². The van der Waals surface area contributed by atoms with Crippen LogP contribution in [0.4, 0.5) is 10.5 Å². The largest absolute Gasteiger partial charge is 0.444 e. The third-order valence-electron chi connectivity index (χ3n) is 12.3. The number of imide groups is 1. The first kappa shape index (κ1) is 44.9. The second-order valence-corrected chi connectivity index (χ2v) is 18.1. The van der Waals surface area contributed by atoms with Gasteiger partial charge in [0.15, 0.2) is 0 Å². The van der Waals surface area contributed by atoms with Crippen molar-refractivity contribution in [1.82, 2.24) is 24.7 Å². The molecular formula is C51H60N6O6. The number of aryl methyl sites for hydroxylation is 3. The molecule has 0 saturated carbocycles. The Labute approximate surface area is 369 Å². The lowest BCUT2D eigenvalue weighted by Gasteiger charge is -2.29. The Bertz CT molecular complexity index is 2650. The molecule has 1 unspecified atom stereocenters. The highest BCUT2D eigenvalue weighted by molar-refractivity contribution is 6.00. The van der Waals surface area contributed by atoms with Gasteiger partial charge in [-0.2, -0.15) is 0 Å². The van der Waals surface area contributed by atoms with Crippen LogP contribution < -0.4 is 21.6 Å². The molecule has 4 amide bonds. The predicted octanol–water partition coefficient (Wildman–Crippen LogP) is 8.48. The topological polar surface area (TPSA) is 144 Å². The number of carbonyl (C=O) groups is 4. The highest BCUT2D eigenvalue weighted by Crippen LogP contribution is 2.29. The Kier molecular flexibility index (Phi) is 13.9. The zero-order chi connectivity index (χ0) is 44.8. The highest BCUT2D eigenvalue weighted by Gasteiger charge is 2.31. The van der Waals surface area contributed by atoms with Crippen LogP contribution in [0.15, 0.2) is 77.6 Å². The maximum Gasteiger partial charge on any atom is 0.412 e. The van der Waals surface area contributed by atoms with Crippen molar-refractivity contribution in [3.05, 3.63) is 111 Å². The van der Waals surface area contributed by atoms with E-state index in [0.717, 1.165) is 109 Å². The number of hydrogen-bond donors (Lipinski definition) is 3. The van der Waals surface area contributed by atoms with Crippen LogP contribution in [0.1, 0.15) is 124 Å². The van der Waals surface area contributed by atoms with Crippen molar-refractivity contribution in [3.8, 4) is 11.8 Å². The summed E-state index contributed by atoms with van der Waals surface area (Å²) in [6.07, 6.45) is 7.31. The summed E-state index contributed by atoms with van der Waals surface area (Å²) in [5.41, 5.74) is 5.60. The average Bonchev–Trinajstić information content (AvgIpc) is 3.50. The Morgan fingerprint density at radius 2 is 1.65 bits per heavy atom. The van der Waals surface area contributed by atoms with Gasteiger partial charge in [-0.3, -0.25) is 34.2 Å². The summed E-state index contributed by atoms with van der Waals surface area (Å²) in [5.74, 6) is 6.51. The van der Waals surface area contributed by atoms with E-state index in [1.165, 1.54) is 0 Å². The van der Waals surface area contributed by atoms with E-state index in [0.29, 0.717) is 23.6 Å². The van der Waals surface area contributed by atoms with Crippen molar-refractivity contribution < 1.29 is 23.9 Å². The molecule has 2 aliphatic heterocycles. The molecule has 330 valence electrons. The van der Waals surface area contributed by atoms with Crippen molar-refractivity contribution in [1.29, 1.82) is 0 Å². The van der Waals surface area contributed by atoms with Crippen LogP contribution >= 0.6 is 0 Å². The standard InChI is InChI=1S/C51H60N6O6/c1-33-19-23-38(53-49(61)63-51(3,4)5)32-42(33)47(59)52-34(2)39-24-22-36(40-16-10-11-17-41(39)40)21-20-35-27-30-56(31-28-35)29-12-8-7-9-14-37-15-13-18-43-46(37)55(6)50(62)57(43)44-25-26-45(58)54-48(44)60/h10-11,13,15-19,22-24,32,34-35,44H,7-9,12,14,25-31H2,1-6H3,(H,52,59)(H,53,61)(H,54,58,60)/t34-,44?/m1/s1. The summed E-state index contributed by atoms with van der Waals surface area (Å²) in [5, 5.41) is 10.4. The number of amides is 4. The number of nitrogens with one attached hydrogen (secondary N) is 3. The van der Waals surface area contributed by atoms with Gasteiger partial charge in [0.1, 0.15) is 11.6 Å². The molecule has 12 heteroatoms. The van der Waals surface area contributed by atoms with Gasteiger partial charge >= 0.3 is 11.8 Å². The molecule has 5 aromatic rings. The second-order valence-electron chi connectivity index (χ2n) is 18.1. The number of aromatic nitrogens is 2. The summed E-state index contributed by atoms with van der Waals surface area (Å²) >= 11 is 0. The van der Waals surface area contributed by atoms with E-state index < -0.39 is 23.6 Å². The Hall–Kier alpha value is -6.19. The predicted molar refractivity (Wildman–Crippen MR) is 248 cm³/mol. The Morgan fingerprint density at radius 3 is 2.40 bits per heavy atom. The maximum atomic E-state index is 13.6. The van der Waals surface area contributed by atoms with Gasteiger partial charge in [-0.15, -0.1) is 0 Å². The Balaban J connectivity index is 0.881. The molecule has 2 atom stereocenters. The lowest BCUT2D eigenvalue weighted by molar-refractivity contribution is -0.135. The molecule has 0 radical (unpaired) electrons. The van der Waals surface area contributed by atoms with Gasteiger partial charge in [-0.25, -0.2) is 9.59 Å². The molecule has 12 nitrogen and oxygen atoms in total. The van der Waals surface area contributed by atoms with Crippen molar-refractivity contribution in [2.24, 2.45) is 13.0 Å². The molecule has 7 rings (SSSR count). The number of anilines is 1.